The van der Waals surface area contributed by atoms with Crippen LogP contribution in [0.3, 0.4) is 0 Å². The predicted octanol–water partition coefficient (Wildman–Crippen LogP) is 5.50. The number of fused-ring (bicyclic) bond motifs is 1. The summed E-state index contributed by atoms with van der Waals surface area (Å²) in [5.41, 5.74) is 0.591. The van der Waals surface area contributed by atoms with Gasteiger partial charge < -0.3 is 19.2 Å². The highest BCUT2D eigenvalue weighted by atomic mass is 19.1. The molecule has 8 heteroatoms. The molecule has 1 aromatic heterocycles. The zero-order valence-electron chi connectivity index (χ0n) is 18.5. The maximum Gasteiger partial charge on any atom is 0.290 e. The molecule has 1 N–H and O–H groups in total. The van der Waals surface area contributed by atoms with Gasteiger partial charge in [0.05, 0.1) is 18.7 Å². The average molecular weight is 475 g/mol. The number of carbonyl (C=O) groups excluding carboxylic acids is 2. The van der Waals surface area contributed by atoms with Gasteiger partial charge in [-0.05, 0) is 35.9 Å². The van der Waals surface area contributed by atoms with E-state index in [1.54, 1.807) is 24.3 Å². The predicted molar refractivity (Wildman–Crippen MR) is 123 cm³/mol. The topological polar surface area (TPSA) is 80.0 Å². The number of ether oxygens (including phenoxy) is 1. The molecule has 2 heterocycles. The number of nitrogens with zero attached hydrogens (tertiary/aromatic N) is 1. The van der Waals surface area contributed by atoms with Crippen LogP contribution in [0.15, 0.2) is 88.5 Å². The van der Waals surface area contributed by atoms with Crippen molar-refractivity contribution in [1.29, 1.82) is 0 Å². The third-order valence-electron chi connectivity index (χ3n) is 5.97. The second-order valence-electron chi connectivity index (χ2n) is 8.06. The Labute approximate surface area is 198 Å². The number of hydrogen-bond acceptors (Lipinski definition) is 5. The minimum atomic E-state index is -1.23. The summed E-state index contributed by atoms with van der Waals surface area (Å²) in [6.07, 6.45) is 0. The monoisotopic (exact) mass is 475 g/mol. The van der Waals surface area contributed by atoms with Crippen LogP contribution in [0.1, 0.15) is 27.7 Å². The lowest BCUT2D eigenvalue weighted by atomic mass is 9.94. The average Bonchev–Trinajstić information content (AvgIpc) is 3.40. The second-order valence-corrected chi connectivity index (χ2v) is 8.06. The lowest BCUT2D eigenvalue weighted by Crippen LogP contribution is -2.31. The maximum absolute atomic E-state index is 14.9. The highest BCUT2D eigenvalue weighted by Gasteiger charge is 2.45. The summed E-state index contributed by atoms with van der Waals surface area (Å²) >= 11 is 0. The van der Waals surface area contributed by atoms with Crippen molar-refractivity contribution in [2.24, 2.45) is 0 Å². The molecular formula is C27H19F2NO5. The smallest absolute Gasteiger partial charge is 0.290 e. The van der Waals surface area contributed by atoms with Gasteiger partial charge in [0.2, 0.25) is 5.78 Å². The van der Waals surface area contributed by atoms with Gasteiger partial charge in [0.15, 0.2) is 22.9 Å². The van der Waals surface area contributed by atoms with Gasteiger partial charge in [-0.1, -0.05) is 42.5 Å². The molecule has 1 aliphatic heterocycles. The molecule has 1 aliphatic rings. The highest BCUT2D eigenvalue weighted by molar-refractivity contribution is 6.16. The van der Waals surface area contributed by atoms with Gasteiger partial charge >= 0.3 is 0 Å². The van der Waals surface area contributed by atoms with Gasteiger partial charge in [0.25, 0.3) is 5.91 Å². The van der Waals surface area contributed by atoms with Crippen LogP contribution in [0, 0.1) is 11.6 Å². The van der Waals surface area contributed by atoms with E-state index in [1.165, 1.54) is 60.5 Å². The van der Waals surface area contributed by atoms with E-state index in [1.807, 2.05) is 0 Å². The van der Waals surface area contributed by atoms with Crippen LogP contribution in [0.25, 0.3) is 11.0 Å². The number of hydrogen-bond donors (Lipinski definition) is 1. The number of aliphatic hydroxyl groups excluding tert-OH is 1. The Hall–Kier alpha value is -4.46. The van der Waals surface area contributed by atoms with Gasteiger partial charge in [-0.3, -0.25) is 9.59 Å². The van der Waals surface area contributed by atoms with E-state index in [9.17, 15) is 23.5 Å². The summed E-state index contributed by atoms with van der Waals surface area (Å²) in [5.74, 6) is -3.24. The number of furan rings is 1. The molecule has 0 radical (unpaired) electrons. The van der Waals surface area contributed by atoms with Crippen molar-refractivity contribution in [2.75, 3.05) is 7.11 Å². The number of amides is 1. The zero-order valence-corrected chi connectivity index (χ0v) is 18.5. The van der Waals surface area contributed by atoms with E-state index in [-0.39, 0.29) is 23.4 Å². The molecule has 0 aliphatic carbocycles. The summed E-state index contributed by atoms with van der Waals surface area (Å²) in [6.45, 7) is -0.0904. The van der Waals surface area contributed by atoms with Crippen LogP contribution < -0.4 is 4.74 Å². The first-order valence-corrected chi connectivity index (χ1v) is 10.7. The fourth-order valence-corrected chi connectivity index (χ4v) is 4.30. The van der Waals surface area contributed by atoms with Gasteiger partial charge in [-0.15, -0.1) is 0 Å². The molecule has 1 atom stereocenters. The lowest BCUT2D eigenvalue weighted by Gasteiger charge is -2.27. The first-order chi connectivity index (χ1) is 16.9. The summed E-state index contributed by atoms with van der Waals surface area (Å²) in [4.78, 5) is 27.9. The third-order valence-corrected chi connectivity index (χ3v) is 5.97. The molecule has 4 aromatic rings. The Morgan fingerprint density at radius 3 is 2.51 bits per heavy atom. The molecule has 0 spiro atoms. The van der Waals surface area contributed by atoms with Crippen LogP contribution in [0.4, 0.5) is 8.78 Å². The summed E-state index contributed by atoms with van der Waals surface area (Å²) in [7, 11) is 1.46. The number of benzene rings is 3. The number of methoxy groups -OCH3 is 1. The molecule has 35 heavy (non-hydrogen) atoms. The summed E-state index contributed by atoms with van der Waals surface area (Å²) in [5, 5.41) is 11.4. The largest absolute Gasteiger partial charge is 0.503 e. The fourth-order valence-electron chi connectivity index (χ4n) is 4.30. The molecule has 1 unspecified atom stereocenters. The van der Waals surface area contributed by atoms with Gasteiger partial charge in [0, 0.05) is 17.5 Å². The van der Waals surface area contributed by atoms with Crippen molar-refractivity contribution in [1.82, 2.24) is 4.90 Å². The normalized spacial score (nSPS) is 15.8. The van der Waals surface area contributed by atoms with E-state index >= 15 is 0 Å². The van der Waals surface area contributed by atoms with E-state index in [2.05, 4.69) is 0 Å². The van der Waals surface area contributed by atoms with E-state index in [0.717, 1.165) is 0 Å². The highest BCUT2D eigenvalue weighted by Crippen LogP contribution is 2.41. The molecule has 0 saturated carbocycles. The number of aliphatic hydroxyl groups is 1. The number of rotatable bonds is 6. The van der Waals surface area contributed by atoms with E-state index in [4.69, 9.17) is 9.15 Å². The Morgan fingerprint density at radius 1 is 1.06 bits per heavy atom. The minimum absolute atomic E-state index is 0.0315. The second kappa shape index (κ2) is 8.72. The van der Waals surface area contributed by atoms with Crippen LogP contribution >= 0.6 is 0 Å². The minimum Gasteiger partial charge on any atom is -0.503 e. The number of para-hydroxylation sites is 1. The molecular weight excluding hydrogens is 456 g/mol. The molecule has 5 rings (SSSR count). The van der Waals surface area contributed by atoms with Crippen molar-refractivity contribution < 1.29 is 32.6 Å². The lowest BCUT2D eigenvalue weighted by molar-refractivity contribution is -0.130. The number of ketones is 1. The first kappa shape index (κ1) is 22.3. The summed E-state index contributed by atoms with van der Waals surface area (Å²) in [6, 6.07) is 16.5. The fraction of sp³-hybridized carbons (Fsp3) is 0.111. The number of carbonyl (C=O) groups is 2. The number of halogens is 2. The first-order valence-electron chi connectivity index (χ1n) is 10.7. The Balaban J connectivity index is 1.61. The zero-order chi connectivity index (χ0) is 24.7. The Kier molecular flexibility index (Phi) is 5.56. The maximum atomic E-state index is 14.9. The van der Waals surface area contributed by atoms with E-state index in [0.29, 0.717) is 22.3 Å². The van der Waals surface area contributed by atoms with Crippen molar-refractivity contribution in [3.05, 3.63) is 113 Å². The van der Waals surface area contributed by atoms with Crippen molar-refractivity contribution >= 4 is 22.7 Å². The molecule has 0 bridgehead atoms. The quantitative estimate of drug-likeness (QED) is 0.373. The van der Waals surface area contributed by atoms with Crippen molar-refractivity contribution in [2.45, 2.75) is 12.6 Å². The van der Waals surface area contributed by atoms with Crippen molar-refractivity contribution in [3.63, 3.8) is 0 Å². The van der Waals surface area contributed by atoms with Crippen LogP contribution in [0.2, 0.25) is 0 Å². The van der Waals surface area contributed by atoms with Crippen LogP contribution in [0.5, 0.6) is 5.75 Å². The van der Waals surface area contributed by atoms with Crippen molar-refractivity contribution in [3.8, 4) is 5.75 Å². The van der Waals surface area contributed by atoms with Gasteiger partial charge in [-0.2, -0.15) is 0 Å². The Morgan fingerprint density at radius 2 is 1.80 bits per heavy atom. The number of Topliss-reactive ketones (excluding diaryl/α,β-unsaturated/α-hetero) is 1. The van der Waals surface area contributed by atoms with Crippen LogP contribution in [-0.2, 0) is 11.3 Å². The standard InChI is InChI=1S/C27H19F2NO5/c1-34-20-8-4-5-16-13-21(35-26(16)20)24(31)22-23(18-6-2-3-7-19(18)29)30(27(33)25(22)32)14-15-9-11-17(28)12-10-15/h2-13,23,32H,14H2,1H3. The summed E-state index contributed by atoms with van der Waals surface area (Å²) < 4.78 is 39.3. The molecule has 0 fully saturated rings. The van der Waals surface area contributed by atoms with Gasteiger partial charge in [-0.25, -0.2) is 8.78 Å². The molecule has 176 valence electrons. The van der Waals surface area contributed by atoms with Gasteiger partial charge in [0.1, 0.15) is 11.6 Å². The molecule has 6 nitrogen and oxygen atoms in total. The van der Waals surface area contributed by atoms with Crippen LogP contribution in [-0.4, -0.2) is 28.8 Å². The third kappa shape index (κ3) is 3.82. The molecule has 0 saturated heterocycles. The van der Waals surface area contributed by atoms with E-state index < -0.39 is 35.1 Å². The Bertz CT molecular complexity index is 1490. The SMILES string of the molecule is COc1cccc2cc(C(=O)C3=C(O)C(=O)N(Cc4ccc(F)cc4)C3c3ccccc3F)oc12. The molecule has 3 aromatic carbocycles. The molecule has 1 amide bonds.